The molecule has 1 atom stereocenters. The van der Waals surface area contributed by atoms with Crippen LogP contribution in [0.5, 0.6) is 0 Å². The highest BCUT2D eigenvalue weighted by molar-refractivity contribution is 6.38. The average molecular weight is 605 g/mol. The van der Waals surface area contributed by atoms with Gasteiger partial charge in [-0.3, -0.25) is 14.3 Å². The molecule has 4 heterocycles. The number of benzene rings is 2. The van der Waals surface area contributed by atoms with E-state index < -0.39 is 17.3 Å². The summed E-state index contributed by atoms with van der Waals surface area (Å²) in [5, 5.41) is 3.66. The lowest BCUT2D eigenvalue weighted by Gasteiger charge is -2.43. The summed E-state index contributed by atoms with van der Waals surface area (Å²) in [6.45, 7) is 10.9. The van der Waals surface area contributed by atoms with Crippen molar-refractivity contribution >= 4 is 39.9 Å². The Hall–Kier alpha value is -4.31. The number of amides is 1. The zero-order valence-corrected chi connectivity index (χ0v) is 24.9. The molecule has 222 valence electrons. The molecule has 2 aliphatic heterocycles. The Bertz CT molecular complexity index is 1860. The van der Waals surface area contributed by atoms with Crippen LogP contribution in [0.4, 0.5) is 20.3 Å². The van der Waals surface area contributed by atoms with Gasteiger partial charge in [-0.1, -0.05) is 50.2 Å². The maximum atomic E-state index is 17.2. The van der Waals surface area contributed by atoms with Crippen LogP contribution in [0.15, 0.2) is 54.0 Å². The molecule has 1 fully saturated rings. The third-order valence-corrected chi connectivity index (χ3v) is 8.66. The number of carbonyl (C=O) groups is 1. The number of piperazine rings is 1. The number of rotatable bonds is 4. The predicted molar refractivity (Wildman–Crippen MR) is 165 cm³/mol. The minimum Gasteiger partial charge on any atom is -0.383 e. The molecule has 4 aromatic rings. The molecule has 1 amide bonds. The molecule has 2 aliphatic rings. The van der Waals surface area contributed by atoms with Gasteiger partial charge in [0.2, 0.25) is 5.91 Å². The summed E-state index contributed by atoms with van der Waals surface area (Å²) < 4.78 is 33.7. The second kappa shape index (κ2) is 11.1. The van der Waals surface area contributed by atoms with E-state index >= 15 is 8.78 Å². The Balaban J connectivity index is 1.75. The van der Waals surface area contributed by atoms with Crippen LogP contribution < -0.4 is 15.9 Å². The first-order valence-corrected chi connectivity index (χ1v) is 14.6. The third-order valence-electron chi connectivity index (χ3n) is 8.28. The Kier molecular flexibility index (Phi) is 7.41. The van der Waals surface area contributed by atoms with E-state index in [4.69, 9.17) is 11.6 Å². The van der Waals surface area contributed by atoms with Crippen LogP contribution in [-0.2, 0) is 4.79 Å². The van der Waals surface area contributed by atoms with Crippen LogP contribution in [0, 0.1) is 18.6 Å². The summed E-state index contributed by atoms with van der Waals surface area (Å²) in [6, 6.07) is 7.39. The summed E-state index contributed by atoms with van der Waals surface area (Å²) in [7, 11) is 0. The normalized spacial score (nSPS) is 16.5. The Morgan fingerprint density at radius 2 is 1.98 bits per heavy atom. The van der Waals surface area contributed by atoms with E-state index in [0.29, 0.717) is 60.6 Å². The summed E-state index contributed by atoms with van der Waals surface area (Å²) in [6.07, 6.45) is 3.52. The van der Waals surface area contributed by atoms with Crippen molar-refractivity contribution in [3.8, 4) is 16.8 Å². The van der Waals surface area contributed by atoms with E-state index in [2.05, 4.69) is 21.9 Å². The van der Waals surface area contributed by atoms with Gasteiger partial charge in [-0.25, -0.2) is 13.6 Å². The van der Waals surface area contributed by atoms with Gasteiger partial charge in [0.05, 0.1) is 27.5 Å². The number of halogens is 3. The number of fused-ring (bicyclic) bond motifs is 2. The fraction of sp³-hybridized carbons (Fsp3) is 0.312. The first kappa shape index (κ1) is 28.8. The third kappa shape index (κ3) is 4.64. The molecule has 0 aliphatic carbocycles. The number of anilines is 2. The zero-order chi connectivity index (χ0) is 30.6. The van der Waals surface area contributed by atoms with Crippen LogP contribution in [-0.4, -0.2) is 57.6 Å². The van der Waals surface area contributed by atoms with Gasteiger partial charge in [0, 0.05) is 49.5 Å². The topological polar surface area (TPSA) is 83.4 Å². The van der Waals surface area contributed by atoms with E-state index in [-0.39, 0.29) is 45.4 Å². The standard InChI is InChI=1S/C32H31ClF2N6O2/c1-5-22(42)39-14-15-40-19(16-39)11-13-37-28-24-30(26(35)23(25(28)33)20-8-6-7-9-21(20)34)41(32(43)38-31(24)40)29-18(4)10-12-36-27(29)17(2)3/h5-10,12,17,19,37H,1,11,13-16H2,2-4H3. The van der Waals surface area contributed by atoms with Gasteiger partial charge in [-0.2, -0.15) is 4.98 Å². The molecule has 1 unspecified atom stereocenters. The molecule has 0 radical (unpaired) electrons. The van der Waals surface area contributed by atoms with Crippen LogP contribution in [0.25, 0.3) is 27.7 Å². The maximum Gasteiger partial charge on any atom is 0.354 e. The smallest absolute Gasteiger partial charge is 0.354 e. The minimum absolute atomic E-state index is 0.00531. The number of aryl methyl sites for hydroxylation is 1. The average Bonchev–Trinajstić information content (AvgIpc) is 2.98. The first-order chi connectivity index (χ1) is 20.6. The van der Waals surface area contributed by atoms with Gasteiger partial charge in [-0.15, -0.1) is 0 Å². The van der Waals surface area contributed by atoms with Gasteiger partial charge < -0.3 is 15.1 Å². The summed E-state index contributed by atoms with van der Waals surface area (Å²) in [4.78, 5) is 39.4. The fourth-order valence-electron chi connectivity index (χ4n) is 6.24. The largest absolute Gasteiger partial charge is 0.383 e. The van der Waals surface area contributed by atoms with E-state index in [0.717, 1.165) is 0 Å². The second-order valence-electron chi connectivity index (χ2n) is 11.2. The van der Waals surface area contributed by atoms with Gasteiger partial charge in [0.15, 0.2) is 5.82 Å². The zero-order valence-electron chi connectivity index (χ0n) is 24.1. The van der Waals surface area contributed by atoms with Crippen LogP contribution in [0.3, 0.4) is 0 Å². The lowest BCUT2D eigenvalue weighted by atomic mass is 9.97. The van der Waals surface area contributed by atoms with Gasteiger partial charge in [0.1, 0.15) is 17.2 Å². The quantitative estimate of drug-likeness (QED) is 0.295. The SMILES string of the molecule is C=CC(=O)N1CCN2c3nc(=O)n(-c4c(C)ccnc4C(C)C)c4c(F)c(-c5ccccc5F)c(Cl)c(c34)NCCC2C1. The number of carbonyl (C=O) groups excluding carboxylic acids is 1. The number of hydrogen-bond donors (Lipinski definition) is 1. The first-order valence-electron chi connectivity index (χ1n) is 14.2. The molecule has 2 aromatic heterocycles. The number of nitrogens with zero attached hydrogens (tertiary/aromatic N) is 5. The lowest BCUT2D eigenvalue weighted by Crippen LogP contribution is -2.56. The molecule has 0 bridgehead atoms. The van der Waals surface area contributed by atoms with Crippen LogP contribution in [0.2, 0.25) is 5.02 Å². The van der Waals surface area contributed by atoms with Crippen molar-refractivity contribution in [2.45, 2.75) is 39.2 Å². The number of nitrogens with one attached hydrogen (secondary N) is 1. The molecule has 11 heteroatoms. The van der Waals surface area contributed by atoms with Crippen molar-refractivity contribution in [1.82, 2.24) is 19.4 Å². The molecule has 0 spiro atoms. The number of aromatic nitrogens is 3. The lowest BCUT2D eigenvalue weighted by molar-refractivity contribution is -0.126. The Morgan fingerprint density at radius 1 is 1.21 bits per heavy atom. The highest BCUT2D eigenvalue weighted by Crippen LogP contribution is 2.47. The maximum absolute atomic E-state index is 17.2. The highest BCUT2D eigenvalue weighted by Gasteiger charge is 2.36. The second-order valence-corrected chi connectivity index (χ2v) is 11.6. The van der Waals surface area contributed by atoms with Gasteiger partial charge >= 0.3 is 5.69 Å². The molecule has 1 N–H and O–H groups in total. The molecule has 0 saturated carbocycles. The highest BCUT2D eigenvalue weighted by atomic mass is 35.5. The van der Waals surface area contributed by atoms with E-state index in [9.17, 15) is 9.59 Å². The van der Waals surface area contributed by atoms with E-state index in [1.165, 1.54) is 28.8 Å². The van der Waals surface area contributed by atoms with Crippen molar-refractivity contribution in [1.29, 1.82) is 0 Å². The van der Waals surface area contributed by atoms with Crippen molar-refractivity contribution in [2.75, 3.05) is 36.4 Å². The predicted octanol–water partition coefficient (Wildman–Crippen LogP) is 5.83. The Labute approximate surface area is 252 Å². The summed E-state index contributed by atoms with van der Waals surface area (Å²) >= 11 is 6.96. The van der Waals surface area contributed by atoms with E-state index in [1.54, 1.807) is 23.2 Å². The van der Waals surface area contributed by atoms with Gasteiger partial charge in [-0.05, 0) is 43.0 Å². The molecule has 6 rings (SSSR count). The van der Waals surface area contributed by atoms with Crippen molar-refractivity contribution < 1.29 is 13.6 Å². The van der Waals surface area contributed by atoms with E-state index in [1.807, 2.05) is 25.7 Å². The summed E-state index contributed by atoms with van der Waals surface area (Å²) in [5.74, 6) is -1.50. The monoisotopic (exact) mass is 604 g/mol. The molecular weight excluding hydrogens is 574 g/mol. The number of hydrogen-bond acceptors (Lipinski definition) is 6. The van der Waals surface area contributed by atoms with Crippen molar-refractivity contribution in [3.63, 3.8) is 0 Å². The molecular formula is C32H31ClF2N6O2. The number of pyridine rings is 1. The molecule has 8 nitrogen and oxygen atoms in total. The molecule has 1 saturated heterocycles. The van der Waals surface area contributed by atoms with Crippen LogP contribution >= 0.6 is 11.6 Å². The fourth-order valence-corrected chi connectivity index (χ4v) is 6.58. The molecule has 43 heavy (non-hydrogen) atoms. The summed E-state index contributed by atoms with van der Waals surface area (Å²) in [5.41, 5.74) is 1.15. The molecule has 2 aromatic carbocycles. The van der Waals surface area contributed by atoms with Gasteiger partial charge in [0.25, 0.3) is 0 Å². The van der Waals surface area contributed by atoms with Crippen molar-refractivity contribution in [3.05, 3.63) is 87.6 Å². The Morgan fingerprint density at radius 3 is 2.70 bits per heavy atom. The van der Waals surface area contributed by atoms with Crippen LogP contribution in [0.1, 0.15) is 37.4 Å². The minimum atomic E-state index is -0.841. The van der Waals surface area contributed by atoms with Crippen molar-refractivity contribution in [2.24, 2.45) is 0 Å².